The first-order valence-corrected chi connectivity index (χ1v) is 14.1. The predicted molar refractivity (Wildman–Crippen MR) is 148 cm³/mol. The second kappa shape index (κ2) is 9.15. The van der Waals surface area contributed by atoms with Crippen molar-refractivity contribution in [3.05, 3.63) is 101 Å². The highest BCUT2D eigenvalue weighted by Crippen LogP contribution is 2.41. The highest BCUT2D eigenvalue weighted by atomic mass is 35.5. The monoisotopic (exact) mass is 545 g/mol. The molecule has 0 saturated heterocycles. The molecule has 0 amide bonds. The summed E-state index contributed by atoms with van der Waals surface area (Å²) in [5.74, 6) is -0.790. The highest BCUT2D eigenvalue weighted by molar-refractivity contribution is 7.92. The molecular formula is C29H24ClN3O4S. The minimum Gasteiger partial charge on any atom is -0.478 e. The second-order valence-corrected chi connectivity index (χ2v) is 11.9. The molecule has 1 N–H and O–H groups in total. The Morgan fingerprint density at radius 1 is 1.05 bits per heavy atom. The fourth-order valence-electron chi connectivity index (χ4n) is 5.02. The van der Waals surface area contributed by atoms with Crippen LogP contribution in [-0.2, 0) is 16.6 Å². The van der Waals surface area contributed by atoms with Gasteiger partial charge < -0.3 is 9.67 Å². The number of aromatic carboxylic acids is 1. The molecule has 0 radical (unpaired) electrons. The molecule has 1 fully saturated rings. The first-order chi connectivity index (χ1) is 18.2. The van der Waals surface area contributed by atoms with E-state index in [1.165, 1.54) is 28.6 Å². The summed E-state index contributed by atoms with van der Waals surface area (Å²) in [6.07, 6.45) is 3.73. The van der Waals surface area contributed by atoms with Gasteiger partial charge in [-0.2, -0.15) is 0 Å². The average molecular weight is 546 g/mol. The number of aromatic nitrogens is 2. The number of hydrogen-bond acceptors (Lipinski definition) is 4. The van der Waals surface area contributed by atoms with E-state index in [4.69, 9.17) is 11.6 Å². The lowest BCUT2D eigenvalue weighted by Crippen LogP contribution is -2.33. The number of aryl methyl sites for hydroxylation is 1. The van der Waals surface area contributed by atoms with Crippen molar-refractivity contribution in [2.45, 2.75) is 37.2 Å². The van der Waals surface area contributed by atoms with Gasteiger partial charge in [0.2, 0.25) is 0 Å². The van der Waals surface area contributed by atoms with E-state index >= 15 is 0 Å². The summed E-state index contributed by atoms with van der Waals surface area (Å²) in [6, 6.07) is 21.0. The zero-order chi connectivity index (χ0) is 26.6. The molecule has 3 aromatic carbocycles. The van der Waals surface area contributed by atoms with E-state index in [1.54, 1.807) is 6.20 Å². The van der Waals surface area contributed by atoms with E-state index in [-0.39, 0.29) is 17.0 Å². The molecule has 0 spiro atoms. The van der Waals surface area contributed by atoms with Crippen LogP contribution in [0.1, 0.15) is 40.5 Å². The standard InChI is InChI=1S/C29H24ClN3O4S/c1-18-26-5-3-2-4-20(26)16-31-28(18)32(38(36,37)25-11-6-19(7-12-25)29(34)35)17-24-15-21-14-22(30)8-13-27(21)33(24)23-9-10-23/h2-8,11-16,23H,9-10,17H2,1H3,(H,34,35). The number of benzene rings is 3. The summed E-state index contributed by atoms with van der Waals surface area (Å²) in [5, 5.41) is 12.7. The Kier molecular flexibility index (Phi) is 5.89. The third kappa shape index (κ3) is 4.19. The largest absolute Gasteiger partial charge is 0.478 e. The lowest BCUT2D eigenvalue weighted by Gasteiger charge is -2.26. The SMILES string of the molecule is Cc1c(N(Cc2cc3cc(Cl)ccc3n2C2CC2)S(=O)(=O)c2ccc(C(=O)O)cc2)ncc2ccccc12. The van der Waals surface area contributed by atoms with Crippen LogP contribution in [-0.4, -0.2) is 29.0 Å². The van der Waals surface area contributed by atoms with Gasteiger partial charge in [0.05, 0.1) is 17.0 Å². The van der Waals surface area contributed by atoms with Gasteiger partial charge in [0.25, 0.3) is 10.0 Å². The van der Waals surface area contributed by atoms with Crippen molar-refractivity contribution in [2.75, 3.05) is 4.31 Å². The second-order valence-electron chi connectivity index (χ2n) is 9.58. The molecule has 192 valence electrons. The maximum absolute atomic E-state index is 14.2. The first-order valence-electron chi connectivity index (χ1n) is 12.2. The maximum atomic E-state index is 14.2. The summed E-state index contributed by atoms with van der Waals surface area (Å²) in [5.41, 5.74) is 2.61. The number of hydrogen-bond donors (Lipinski definition) is 1. The maximum Gasteiger partial charge on any atom is 0.335 e. The average Bonchev–Trinajstić information content (AvgIpc) is 3.68. The number of nitrogens with zero attached hydrogens (tertiary/aromatic N) is 3. The number of anilines is 1. The summed E-state index contributed by atoms with van der Waals surface area (Å²) in [6.45, 7) is 1.93. The van der Waals surface area contributed by atoms with Crippen LogP contribution in [0.3, 0.4) is 0 Å². The zero-order valence-electron chi connectivity index (χ0n) is 20.5. The van der Waals surface area contributed by atoms with E-state index in [2.05, 4.69) is 9.55 Å². The molecule has 7 nitrogen and oxygen atoms in total. The Balaban J connectivity index is 1.54. The van der Waals surface area contributed by atoms with Crippen molar-refractivity contribution in [3.8, 4) is 0 Å². The van der Waals surface area contributed by atoms with Crippen molar-refractivity contribution in [2.24, 2.45) is 0 Å². The van der Waals surface area contributed by atoms with Crippen LogP contribution in [0.2, 0.25) is 5.02 Å². The molecule has 0 unspecified atom stereocenters. The number of carbonyl (C=O) groups is 1. The van der Waals surface area contributed by atoms with Crippen LogP contribution in [0, 0.1) is 6.92 Å². The van der Waals surface area contributed by atoms with Gasteiger partial charge in [0.1, 0.15) is 5.82 Å². The van der Waals surface area contributed by atoms with Crippen molar-refractivity contribution >= 4 is 55.1 Å². The van der Waals surface area contributed by atoms with Gasteiger partial charge in [-0.3, -0.25) is 0 Å². The number of pyridine rings is 1. The lowest BCUT2D eigenvalue weighted by atomic mass is 10.1. The van der Waals surface area contributed by atoms with Gasteiger partial charge in [-0.25, -0.2) is 22.5 Å². The van der Waals surface area contributed by atoms with E-state index in [9.17, 15) is 18.3 Å². The van der Waals surface area contributed by atoms with Crippen LogP contribution in [0.4, 0.5) is 5.82 Å². The van der Waals surface area contributed by atoms with Crippen molar-refractivity contribution in [3.63, 3.8) is 0 Å². The molecule has 1 aliphatic carbocycles. The molecule has 9 heteroatoms. The molecule has 38 heavy (non-hydrogen) atoms. The third-order valence-electron chi connectivity index (χ3n) is 7.05. The van der Waals surface area contributed by atoms with Gasteiger partial charge in [-0.1, -0.05) is 35.9 Å². The smallest absolute Gasteiger partial charge is 0.335 e. The van der Waals surface area contributed by atoms with E-state index in [0.29, 0.717) is 16.9 Å². The van der Waals surface area contributed by atoms with Crippen LogP contribution in [0.5, 0.6) is 0 Å². The molecule has 5 aromatic rings. The molecule has 6 rings (SSSR count). The fraction of sp³-hybridized carbons (Fsp3) is 0.172. The van der Waals surface area contributed by atoms with E-state index < -0.39 is 16.0 Å². The Bertz CT molecular complexity index is 1830. The van der Waals surface area contributed by atoms with Gasteiger partial charge in [-0.15, -0.1) is 0 Å². The van der Waals surface area contributed by atoms with E-state index in [1.807, 2.05) is 55.5 Å². The Morgan fingerprint density at radius 2 is 1.79 bits per heavy atom. The Morgan fingerprint density at radius 3 is 2.50 bits per heavy atom. The summed E-state index contributed by atoms with van der Waals surface area (Å²) in [7, 11) is -4.12. The van der Waals surface area contributed by atoms with Gasteiger partial charge >= 0.3 is 5.97 Å². The third-order valence-corrected chi connectivity index (χ3v) is 9.04. The number of halogens is 1. The molecule has 0 bridgehead atoms. The molecule has 0 aliphatic heterocycles. The van der Waals surface area contributed by atoms with Crippen LogP contribution in [0.15, 0.2) is 83.9 Å². The molecule has 2 aromatic heterocycles. The molecule has 1 saturated carbocycles. The van der Waals surface area contributed by atoms with Crippen LogP contribution >= 0.6 is 11.6 Å². The fourth-order valence-corrected chi connectivity index (χ4v) is 6.65. The number of rotatable bonds is 7. The summed E-state index contributed by atoms with van der Waals surface area (Å²) < 4.78 is 31.9. The van der Waals surface area contributed by atoms with Crippen LogP contribution < -0.4 is 4.31 Å². The zero-order valence-corrected chi connectivity index (χ0v) is 22.1. The van der Waals surface area contributed by atoms with Crippen LogP contribution in [0.25, 0.3) is 21.7 Å². The summed E-state index contributed by atoms with van der Waals surface area (Å²) in [4.78, 5) is 16.0. The van der Waals surface area contributed by atoms with Gasteiger partial charge in [-0.05, 0) is 73.7 Å². The molecule has 2 heterocycles. The highest BCUT2D eigenvalue weighted by Gasteiger charge is 2.32. The number of carboxylic acid groups (broad SMARTS) is 1. The topological polar surface area (TPSA) is 92.5 Å². The number of carboxylic acids is 1. The van der Waals surface area contributed by atoms with E-state index in [0.717, 1.165) is 45.8 Å². The van der Waals surface area contributed by atoms with Crippen molar-refractivity contribution in [1.29, 1.82) is 0 Å². The number of fused-ring (bicyclic) bond motifs is 2. The Labute approximate surface area is 225 Å². The normalized spacial score (nSPS) is 13.7. The first kappa shape index (κ1) is 24.5. The Hall–Kier alpha value is -3.88. The minimum absolute atomic E-state index is 0.00557. The minimum atomic E-state index is -4.12. The lowest BCUT2D eigenvalue weighted by molar-refractivity contribution is 0.0696. The van der Waals surface area contributed by atoms with Gasteiger partial charge in [0.15, 0.2) is 0 Å². The number of sulfonamides is 1. The molecular weight excluding hydrogens is 522 g/mol. The molecule has 0 atom stereocenters. The van der Waals surface area contributed by atoms with Gasteiger partial charge in [0, 0.05) is 44.8 Å². The summed E-state index contributed by atoms with van der Waals surface area (Å²) >= 11 is 6.27. The molecule has 1 aliphatic rings. The van der Waals surface area contributed by atoms with Crippen molar-refractivity contribution < 1.29 is 18.3 Å². The predicted octanol–water partition coefficient (Wildman–Crippen LogP) is 6.58. The van der Waals surface area contributed by atoms with Crippen molar-refractivity contribution in [1.82, 2.24) is 9.55 Å². The quantitative estimate of drug-likeness (QED) is 0.249.